The molecule has 0 amide bonds. The Morgan fingerprint density at radius 1 is 0.938 bits per heavy atom. The molecule has 1 heterocycles. The summed E-state index contributed by atoms with van der Waals surface area (Å²) in [5.74, 6) is -0.519. The van der Waals surface area contributed by atoms with Crippen molar-refractivity contribution in [1.29, 1.82) is 0 Å². The van der Waals surface area contributed by atoms with E-state index in [0.717, 1.165) is 38.7 Å². The maximum Gasteiger partial charge on any atom is 0.336 e. The minimum atomic E-state index is -0.964. The molecule has 0 radical (unpaired) electrons. The van der Waals surface area contributed by atoms with Crippen LogP contribution in [0.25, 0.3) is 33.0 Å². The van der Waals surface area contributed by atoms with Crippen LogP contribution in [-0.2, 0) is 6.42 Å². The van der Waals surface area contributed by atoms with Crippen LogP contribution in [0.1, 0.15) is 29.1 Å². The molecule has 0 fully saturated rings. The lowest BCUT2D eigenvalue weighted by Gasteiger charge is -2.08. The predicted molar refractivity (Wildman–Crippen MR) is 134 cm³/mol. The van der Waals surface area contributed by atoms with Gasteiger partial charge in [0.05, 0.1) is 21.3 Å². The van der Waals surface area contributed by atoms with Gasteiger partial charge in [0.25, 0.3) is 0 Å². The molecule has 0 saturated heterocycles. The Bertz CT molecular complexity index is 1280. The lowest BCUT2D eigenvalue weighted by atomic mass is 9.97. The van der Waals surface area contributed by atoms with Crippen molar-refractivity contribution in [1.82, 2.24) is 4.98 Å². The van der Waals surface area contributed by atoms with Crippen LogP contribution in [0.3, 0.4) is 0 Å². The van der Waals surface area contributed by atoms with E-state index in [1.165, 1.54) is 0 Å². The van der Waals surface area contributed by atoms with Gasteiger partial charge in [-0.05, 0) is 41.7 Å². The van der Waals surface area contributed by atoms with E-state index < -0.39 is 5.97 Å². The predicted octanol–water partition coefficient (Wildman–Crippen LogP) is 8.35. The Labute approximate surface area is 201 Å². The van der Waals surface area contributed by atoms with Crippen LogP contribution in [0, 0.1) is 5.92 Å². The molecule has 0 aliphatic carbocycles. The minimum absolute atomic E-state index is 0.255. The van der Waals surface area contributed by atoms with Gasteiger partial charge in [-0.1, -0.05) is 85.6 Å². The highest BCUT2D eigenvalue weighted by molar-refractivity contribution is 7.15. The molecule has 32 heavy (non-hydrogen) atoms. The summed E-state index contributed by atoms with van der Waals surface area (Å²) in [5, 5.41) is 11.6. The number of benzene rings is 3. The number of carbonyl (C=O) groups is 1. The molecule has 6 heteroatoms. The minimum Gasteiger partial charge on any atom is -0.478 e. The van der Waals surface area contributed by atoms with Gasteiger partial charge >= 0.3 is 5.97 Å². The molecule has 3 aromatic carbocycles. The van der Waals surface area contributed by atoms with Gasteiger partial charge in [0, 0.05) is 16.0 Å². The third kappa shape index (κ3) is 4.73. The second kappa shape index (κ2) is 9.45. The summed E-state index contributed by atoms with van der Waals surface area (Å²) in [6, 6.07) is 20.6. The molecule has 0 aliphatic heterocycles. The Morgan fingerprint density at radius 2 is 1.66 bits per heavy atom. The smallest absolute Gasteiger partial charge is 0.336 e. The van der Waals surface area contributed by atoms with E-state index >= 15 is 0 Å². The first-order chi connectivity index (χ1) is 15.3. The van der Waals surface area contributed by atoms with Crippen LogP contribution >= 0.6 is 34.5 Å². The number of carboxylic acid groups (broad SMARTS) is 1. The average Bonchev–Trinajstić information content (AvgIpc) is 3.19. The molecule has 1 N–H and O–H groups in total. The number of halogens is 2. The Kier molecular flexibility index (Phi) is 6.66. The Hall–Kier alpha value is -2.66. The molecule has 0 atom stereocenters. The van der Waals surface area contributed by atoms with E-state index in [-0.39, 0.29) is 5.56 Å². The number of aromatic nitrogens is 1. The lowest BCUT2D eigenvalue weighted by Crippen LogP contribution is -2.00. The van der Waals surface area contributed by atoms with Crippen LogP contribution < -0.4 is 0 Å². The van der Waals surface area contributed by atoms with E-state index in [2.05, 4.69) is 13.8 Å². The van der Waals surface area contributed by atoms with Gasteiger partial charge in [0.15, 0.2) is 0 Å². The quantitative estimate of drug-likeness (QED) is 0.300. The van der Waals surface area contributed by atoms with E-state index in [1.54, 1.807) is 23.5 Å². The van der Waals surface area contributed by atoms with Crippen molar-refractivity contribution in [3.8, 4) is 33.0 Å². The first-order valence-electron chi connectivity index (χ1n) is 10.2. The normalized spacial score (nSPS) is 11.2. The van der Waals surface area contributed by atoms with Gasteiger partial charge in [-0.3, -0.25) is 0 Å². The first-order valence-corrected chi connectivity index (χ1v) is 11.8. The summed E-state index contributed by atoms with van der Waals surface area (Å²) in [6.07, 6.45) is 0.862. The number of nitrogens with zero attached hydrogens (tertiary/aromatic N) is 1. The van der Waals surface area contributed by atoms with Crippen molar-refractivity contribution in [3.63, 3.8) is 0 Å². The highest BCUT2D eigenvalue weighted by Crippen LogP contribution is 2.38. The van der Waals surface area contributed by atoms with Gasteiger partial charge in [-0.25, -0.2) is 9.78 Å². The van der Waals surface area contributed by atoms with Crippen LogP contribution in [0.2, 0.25) is 10.0 Å². The van der Waals surface area contributed by atoms with E-state index in [0.29, 0.717) is 21.5 Å². The topological polar surface area (TPSA) is 50.2 Å². The summed E-state index contributed by atoms with van der Waals surface area (Å²) >= 11 is 13.9. The summed E-state index contributed by atoms with van der Waals surface area (Å²) < 4.78 is 0. The number of hydrogen-bond donors (Lipinski definition) is 1. The highest BCUT2D eigenvalue weighted by Gasteiger charge is 2.19. The fourth-order valence-corrected chi connectivity index (χ4v) is 5.17. The van der Waals surface area contributed by atoms with Gasteiger partial charge < -0.3 is 5.11 Å². The molecule has 162 valence electrons. The number of hydrogen-bond acceptors (Lipinski definition) is 3. The maximum absolute atomic E-state index is 12.0. The van der Waals surface area contributed by atoms with Crippen molar-refractivity contribution in [2.45, 2.75) is 20.3 Å². The van der Waals surface area contributed by atoms with Gasteiger partial charge in [0.2, 0.25) is 0 Å². The molecule has 0 unspecified atom stereocenters. The van der Waals surface area contributed by atoms with E-state index in [1.807, 2.05) is 54.6 Å². The molecular weight excluding hydrogens is 461 g/mol. The summed E-state index contributed by atoms with van der Waals surface area (Å²) in [5.41, 5.74) is 4.35. The van der Waals surface area contributed by atoms with Crippen LogP contribution in [0.5, 0.6) is 0 Å². The van der Waals surface area contributed by atoms with Crippen LogP contribution in [0.15, 0.2) is 66.7 Å². The number of aromatic carboxylic acids is 1. The van der Waals surface area contributed by atoms with Gasteiger partial charge in [0.1, 0.15) is 5.01 Å². The lowest BCUT2D eigenvalue weighted by molar-refractivity contribution is 0.0698. The second-order valence-electron chi connectivity index (χ2n) is 7.95. The third-order valence-corrected chi connectivity index (χ3v) is 6.93. The van der Waals surface area contributed by atoms with Gasteiger partial charge in [-0.15, -0.1) is 11.3 Å². The Balaban J connectivity index is 1.83. The monoisotopic (exact) mass is 481 g/mol. The zero-order valence-corrected chi connectivity index (χ0v) is 19.9. The maximum atomic E-state index is 12.0. The molecule has 3 nitrogen and oxygen atoms in total. The number of rotatable bonds is 6. The van der Waals surface area contributed by atoms with Crippen molar-refractivity contribution in [2.75, 3.05) is 0 Å². The molecule has 0 bridgehead atoms. The van der Waals surface area contributed by atoms with Crippen LogP contribution in [0.4, 0.5) is 0 Å². The zero-order valence-electron chi connectivity index (χ0n) is 17.6. The van der Waals surface area contributed by atoms with Crippen molar-refractivity contribution < 1.29 is 9.90 Å². The molecular formula is C26H21Cl2NO2S. The fourth-order valence-electron chi connectivity index (χ4n) is 3.58. The van der Waals surface area contributed by atoms with Gasteiger partial charge in [-0.2, -0.15) is 0 Å². The summed E-state index contributed by atoms with van der Waals surface area (Å²) in [4.78, 5) is 18.1. The standard InChI is InChI=1S/C26H21Cl2NO2S/c1-15(2)12-23-24(17-9-11-21(27)22(28)14-17)29-25(32-23)18-8-10-19(20(13-18)26(30)31)16-6-4-3-5-7-16/h3-11,13-15H,12H2,1-2H3,(H,30,31). The van der Waals surface area contributed by atoms with E-state index in [4.69, 9.17) is 28.2 Å². The molecule has 4 aromatic rings. The molecule has 4 rings (SSSR count). The molecule has 0 saturated carbocycles. The highest BCUT2D eigenvalue weighted by atomic mass is 35.5. The van der Waals surface area contributed by atoms with Crippen molar-refractivity contribution in [3.05, 3.63) is 87.2 Å². The molecule has 1 aromatic heterocycles. The SMILES string of the molecule is CC(C)Cc1sc(-c2ccc(-c3ccccc3)c(C(=O)O)c2)nc1-c1ccc(Cl)c(Cl)c1. The Morgan fingerprint density at radius 3 is 2.31 bits per heavy atom. The summed E-state index contributed by atoms with van der Waals surface area (Å²) in [6.45, 7) is 4.32. The summed E-state index contributed by atoms with van der Waals surface area (Å²) in [7, 11) is 0. The molecule has 0 spiro atoms. The second-order valence-corrected chi connectivity index (χ2v) is 9.85. The number of thiazole rings is 1. The fraction of sp³-hybridized carbons (Fsp3) is 0.154. The average molecular weight is 482 g/mol. The van der Waals surface area contributed by atoms with Crippen molar-refractivity contribution >= 4 is 40.5 Å². The van der Waals surface area contributed by atoms with E-state index in [9.17, 15) is 9.90 Å². The first kappa shape index (κ1) is 22.5. The molecule has 0 aliphatic rings. The van der Waals surface area contributed by atoms with Crippen molar-refractivity contribution in [2.24, 2.45) is 5.92 Å². The van der Waals surface area contributed by atoms with Crippen LogP contribution in [-0.4, -0.2) is 16.1 Å². The third-order valence-electron chi connectivity index (χ3n) is 5.07. The zero-order chi connectivity index (χ0) is 22.8. The largest absolute Gasteiger partial charge is 0.478 e. The number of carboxylic acids is 1.